The van der Waals surface area contributed by atoms with E-state index in [0.29, 0.717) is 0 Å². The van der Waals surface area contributed by atoms with E-state index < -0.39 is 0 Å². The zero-order valence-electron chi connectivity index (χ0n) is 15.3. The fraction of sp³-hybridized carbons (Fsp3) is 0.474. The summed E-state index contributed by atoms with van der Waals surface area (Å²) in [5, 5.41) is 13.4. The highest BCUT2D eigenvalue weighted by Gasteiger charge is 2.13. The van der Waals surface area contributed by atoms with Gasteiger partial charge in [-0.2, -0.15) is 5.10 Å². The number of carbonyl (C=O) groups is 1. The van der Waals surface area contributed by atoms with Gasteiger partial charge in [-0.3, -0.25) is 9.80 Å². The Hall–Kier alpha value is -2.10. The molecule has 0 saturated carbocycles. The molecule has 0 radical (unpaired) electrons. The van der Waals surface area contributed by atoms with E-state index in [-0.39, 0.29) is 11.9 Å². The molecule has 128 valence electrons. The summed E-state index contributed by atoms with van der Waals surface area (Å²) < 4.78 is 0. The van der Waals surface area contributed by atoms with Gasteiger partial charge in [-0.25, -0.2) is 0 Å². The van der Waals surface area contributed by atoms with Crippen LogP contribution in [0.3, 0.4) is 0 Å². The van der Waals surface area contributed by atoms with Crippen LogP contribution in [0.2, 0.25) is 0 Å². The fourth-order valence-electron chi connectivity index (χ4n) is 2.01. The Bertz CT molecular complexity index is 519. The van der Waals surface area contributed by atoms with Gasteiger partial charge >= 0.3 is 0 Å². The van der Waals surface area contributed by atoms with E-state index in [9.17, 15) is 0 Å². The molecule has 0 aliphatic rings. The quantitative estimate of drug-likeness (QED) is 0.483. The van der Waals surface area contributed by atoms with Gasteiger partial charge in [0.25, 0.3) is 6.47 Å². The van der Waals surface area contributed by atoms with Crippen LogP contribution in [0, 0.1) is 0 Å². The lowest BCUT2D eigenvalue weighted by atomic mass is 9.86. The Labute approximate surface area is 140 Å². The summed E-state index contributed by atoms with van der Waals surface area (Å²) in [5.74, 6) is 0. The Morgan fingerprint density at radius 1 is 1.22 bits per heavy atom. The molecular weight excluding hydrogens is 288 g/mol. The van der Waals surface area contributed by atoms with Crippen molar-refractivity contribution in [2.45, 2.75) is 52.9 Å². The standard InChI is InChI=1S/C18H28N2.CH2O2/c1-8-17(9-2)19-20(7)14(3)15-10-12-16(13-11-15)18(4,5)6;2-1-3/h10-13H,3,8-9H2,1-2,4-7H3;1H,(H,2,3). The molecule has 0 fully saturated rings. The molecule has 1 aromatic rings. The van der Waals surface area contributed by atoms with Crippen LogP contribution in [-0.4, -0.2) is 29.3 Å². The molecule has 0 saturated heterocycles. The van der Waals surface area contributed by atoms with Crippen LogP contribution in [0.4, 0.5) is 0 Å². The maximum atomic E-state index is 8.36. The minimum Gasteiger partial charge on any atom is -0.483 e. The van der Waals surface area contributed by atoms with E-state index in [1.807, 2.05) is 12.1 Å². The lowest BCUT2D eigenvalue weighted by molar-refractivity contribution is -0.122. The molecule has 23 heavy (non-hydrogen) atoms. The van der Waals surface area contributed by atoms with Crippen LogP contribution in [0.25, 0.3) is 5.70 Å². The first-order valence-electron chi connectivity index (χ1n) is 7.88. The highest BCUT2D eigenvalue weighted by atomic mass is 16.3. The number of hydrazone groups is 1. The van der Waals surface area contributed by atoms with E-state index in [2.05, 4.69) is 70.6 Å². The average Bonchev–Trinajstić information content (AvgIpc) is 2.51. The molecule has 0 aliphatic carbocycles. The van der Waals surface area contributed by atoms with Crippen LogP contribution in [0.5, 0.6) is 0 Å². The molecule has 0 atom stereocenters. The van der Waals surface area contributed by atoms with Crippen molar-refractivity contribution >= 4 is 17.9 Å². The van der Waals surface area contributed by atoms with Gasteiger partial charge in [0.2, 0.25) is 0 Å². The van der Waals surface area contributed by atoms with Crippen molar-refractivity contribution in [3.8, 4) is 0 Å². The summed E-state index contributed by atoms with van der Waals surface area (Å²) >= 11 is 0. The van der Waals surface area contributed by atoms with Gasteiger partial charge in [-0.15, -0.1) is 0 Å². The normalized spacial score (nSPS) is 10.2. The second kappa shape index (κ2) is 9.82. The molecular formula is C19H30N2O2. The summed E-state index contributed by atoms with van der Waals surface area (Å²) in [4.78, 5) is 8.36. The summed E-state index contributed by atoms with van der Waals surface area (Å²) in [6.45, 7) is 14.9. The van der Waals surface area contributed by atoms with Crippen molar-refractivity contribution in [2.75, 3.05) is 7.05 Å². The molecule has 0 bridgehead atoms. The van der Waals surface area contributed by atoms with E-state index in [4.69, 9.17) is 9.90 Å². The SMILES string of the molecule is C=C(c1ccc(C(C)(C)C)cc1)N(C)N=C(CC)CC.O=CO. The molecule has 0 spiro atoms. The number of benzene rings is 1. The van der Waals surface area contributed by atoms with Crippen molar-refractivity contribution in [3.63, 3.8) is 0 Å². The molecule has 4 nitrogen and oxygen atoms in total. The minimum absolute atomic E-state index is 0.182. The van der Waals surface area contributed by atoms with E-state index in [1.165, 1.54) is 11.3 Å². The smallest absolute Gasteiger partial charge is 0.290 e. The summed E-state index contributed by atoms with van der Waals surface area (Å²) in [6, 6.07) is 8.62. The number of rotatable bonds is 5. The predicted molar refractivity (Wildman–Crippen MR) is 98.6 cm³/mol. The van der Waals surface area contributed by atoms with Gasteiger partial charge in [0.1, 0.15) is 0 Å². The van der Waals surface area contributed by atoms with Gasteiger partial charge in [-0.05, 0) is 29.4 Å². The summed E-state index contributed by atoms with van der Waals surface area (Å²) in [5.41, 5.74) is 4.77. The third-order valence-corrected chi connectivity index (χ3v) is 3.58. The lowest BCUT2D eigenvalue weighted by Gasteiger charge is -2.21. The van der Waals surface area contributed by atoms with Gasteiger partial charge in [0, 0.05) is 12.8 Å². The van der Waals surface area contributed by atoms with Crippen LogP contribution in [0.15, 0.2) is 35.9 Å². The van der Waals surface area contributed by atoms with Crippen molar-refractivity contribution < 1.29 is 9.90 Å². The molecule has 1 rings (SSSR count). The zero-order valence-corrected chi connectivity index (χ0v) is 15.3. The van der Waals surface area contributed by atoms with Crippen molar-refractivity contribution in [1.82, 2.24) is 5.01 Å². The minimum atomic E-state index is -0.250. The Morgan fingerprint density at radius 2 is 1.65 bits per heavy atom. The number of hydrogen-bond donors (Lipinski definition) is 1. The van der Waals surface area contributed by atoms with Crippen molar-refractivity contribution in [1.29, 1.82) is 0 Å². The van der Waals surface area contributed by atoms with Crippen LogP contribution < -0.4 is 0 Å². The van der Waals surface area contributed by atoms with Crippen LogP contribution in [-0.2, 0) is 10.2 Å². The molecule has 4 heteroatoms. The molecule has 0 unspecified atom stereocenters. The van der Waals surface area contributed by atoms with E-state index in [1.54, 1.807) is 0 Å². The molecule has 0 aliphatic heterocycles. The largest absolute Gasteiger partial charge is 0.483 e. The van der Waals surface area contributed by atoms with Crippen molar-refractivity contribution in [3.05, 3.63) is 42.0 Å². The van der Waals surface area contributed by atoms with Crippen LogP contribution >= 0.6 is 0 Å². The molecule has 0 aromatic heterocycles. The Balaban J connectivity index is 0.00000149. The van der Waals surface area contributed by atoms with Crippen LogP contribution in [0.1, 0.15) is 58.6 Å². The highest BCUT2D eigenvalue weighted by molar-refractivity contribution is 5.84. The zero-order chi connectivity index (χ0) is 18.0. The number of carboxylic acid groups (broad SMARTS) is 1. The number of hydrogen-bond acceptors (Lipinski definition) is 3. The summed E-state index contributed by atoms with van der Waals surface area (Å²) in [6.07, 6.45) is 1.97. The summed E-state index contributed by atoms with van der Waals surface area (Å²) in [7, 11) is 1.96. The van der Waals surface area contributed by atoms with Gasteiger partial charge in [0.15, 0.2) is 0 Å². The van der Waals surface area contributed by atoms with E-state index in [0.717, 1.165) is 24.1 Å². The molecule has 1 N–H and O–H groups in total. The van der Waals surface area contributed by atoms with Crippen molar-refractivity contribution in [2.24, 2.45) is 5.10 Å². The first kappa shape index (κ1) is 20.9. The molecule has 0 amide bonds. The van der Waals surface area contributed by atoms with E-state index >= 15 is 0 Å². The molecule has 0 heterocycles. The fourth-order valence-corrected chi connectivity index (χ4v) is 2.01. The lowest BCUT2D eigenvalue weighted by Crippen LogP contribution is -2.13. The second-order valence-electron chi connectivity index (χ2n) is 6.28. The van der Waals surface area contributed by atoms with Gasteiger partial charge < -0.3 is 5.11 Å². The Morgan fingerprint density at radius 3 is 2.00 bits per heavy atom. The second-order valence-corrected chi connectivity index (χ2v) is 6.28. The first-order valence-corrected chi connectivity index (χ1v) is 7.88. The highest BCUT2D eigenvalue weighted by Crippen LogP contribution is 2.24. The maximum absolute atomic E-state index is 8.36. The van der Waals surface area contributed by atoms with Gasteiger partial charge in [0.05, 0.1) is 5.70 Å². The maximum Gasteiger partial charge on any atom is 0.290 e. The number of nitrogens with zero attached hydrogens (tertiary/aromatic N) is 2. The predicted octanol–water partition coefficient (Wildman–Crippen LogP) is 4.76. The molecule has 1 aromatic carbocycles. The van der Waals surface area contributed by atoms with Gasteiger partial charge in [-0.1, -0.05) is 65.5 Å². The third-order valence-electron chi connectivity index (χ3n) is 3.58. The monoisotopic (exact) mass is 318 g/mol. The topological polar surface area (TPSA) is 52.9 Å². The Kier molecular flexibility index (Phi) is 8.93. The third kappa shape index (κ3) is 7.13. The average molecular weight is 318 g/mol. The first-order chi connectivity index (χ1) is 10.7.